The first kappa shape index (κ1) is 33.0. The molecule has 0 N–H and O–H groups in total. The van der Waals surface area contributed by atoms with Gasteiger partial charge < -0.3 is 29.1 Å². The first-order chi connectivity index (χ1) is 23.4. The van der Waals surface area contributed by atoms with Crippen LogP contribution in [0.15, 0.2) is 72.8 Å². The molecule has 4 aromatic rings. The summed E-state index contributed by atoms with van der Waals surface area (Å²) in [6.07, 6.45) is 3.38. The van der Waals surface area contributed by atoms with Crippen LogP contribution >= 0.6 is 0 Å². The fourth-order valence-corrected chi connectivity index (χ4v) is 6.88. The fourth-order valence-electron chi connectivity index (χ4n) is 6.88. The number of benzene rings is 3. The number of methoxy groups -OCH3 is 1. The first-order valence-corrected chi connectivity index (χ1v) is 16.9. The highest BCUT2D eigenvalue weighted by Gasteiger charge is 2.34. The number of amides is 1. The van der Waals surface area contributed by atoms with Crippen molar-refractivity contribution in [3.8, 4) is 12.1 Å². The lowest BCUT2D eigenvalue weighted by Crippen LogP contribution is -2.55. The number of piperazine rings is 1. The molecule has 48 heavy (non-hydrogen) atoms. The zero-order chi connectivity index (χ0) is 33.5. The van der Waals surface area contributed by atoms with E-state index in [0.29, 0.717) is 32.2 Å². The number of nitrogens with zero attached hydrogens (tertiary/aromatic N) is 7. The van der Waals surface area contributed by atoms with Gasteiger partial charge in [-0.1, -0.05) is 66.7 Å². The van der Waals surface area contributed by atoms with Crippen molar-refractivity contribution in [3.63, 3.8) is 0 Å². The summed E-state index contributed by atoms with van der Waals surface area (Å²) in [6, 6.07) is 27.5. The van der Waals surface area contributed by atoms with Gasteiger partial charge in [-0.3, -0.25) is 0 Å². The predicted octanol–water partition coefficient (Wildman–Crippen LogP) is 6.04. The second-order valence-corrected chi connectivity index (χ2v) is 12.8. The third kappa shape index (κ3) is 7.47. The van der Waals surface area contributed by atoms with Gasteiger partial charge in [0, 0.05) is 48.9 Å². The molecule has 2 unspecified atom stereocenters. The molecular formula is C38H45N7O3. The quantitative estimate of drug-likeness (QED) is 0.248. The van der Waals surface area contributed by atoms with E-state index in [1.165, 1.54) is 35.8 Å². The number of carbonyl (C=O) groups is 1. The Balaban J connectivity index is 0.000000510. The topological polar surface area (TPSA) is 98.1 Å². The lowest BCUT2D eigenvalue weighted by Gasteiger charge is -2.41. The van der Waals surface area contributed by atoms with Crippen LogP contribution < -0.4 is 14.5 Å². The molecule has 250 valence electrons. The van der Waals surface area contributed by atoms with Crippen LogP contribution in [0.2, 0.25) is 0 Å². The van der Waals surface area contributed by atoms with Gasteiger partial charge in [0.05, 0.1) is 37.9 Å². The van der Waals surface area contributed by atoms with Crippen molar-refractivity contribution >= 4 is 28.4 Å². The molecule has 0 aliphatic carbocycles. The number of nitriles is 1. The van der Waals surface area contributed by atoms with E-state index in [2.05, 4.69) is 77.2 Å². The summed E-state index contributed by atoms with van der Waals surface area (Å²) in [5.74, 6) is 0.824. The minimum absolute atomic E-state index is 0.197. The number of hydrogen-bond donors (Lipinski definition) is 0. The van der Waals surface area contributed by atoms with Crippen molar-refractivity contribution in [1.82, 2.24) is 19.8 Å². The minimum Gasteiger partial charge on any atom is -0.467 e. The Morgan fingerprint density at radius 1 is 0.958 bits per heavy atom. The van der Waals surface area contributed by atoms with E-state index < -0.39 is 6.09 Å². The number of carbonyl (C=O) groups excluding carboxylic acids is 1. The molecular weight excluding hydrogens is 602 g/mol. The maximum Gasteiger partial charge on any atom is 0.410 e. The van der Waals surface area contributed by atoms with Crippen LogP contribution in [0.5, 0.6) is 6.01 Å². The molecule has 0 radical (unpaired) electrons. The molecule has 3 aliphatic heterocycles. The molecule has 3 aromatic carbocycles. The SMILES string of the molecule is CC1CCCN1C.COc1nc2c(c(N3CCN(C(=O)OCc4ccccc4)C(CC#N)C3)n1)CCN(c1cccc3ccccc13)C2. The maximum atomic E-state index is 13.0. The molecule has 10 heteroatoms. The summed E-state index contributed by atoms with van der Waals surface area (Å²) in [7, 11) is 3.77. The van der Waals surface area contributed by atoms with Gasteiger partial charge in [-0.25, -0.2) is 4.79 Å². The Hall–Kier alpha value is -4.88. The highest BCUT2D eigenvalue weighted by atomic mass is 16.6. The van der Waals surface area contributed by atoms with Crippen LogP contribution in [0, 0.1) is 11.3 Å². The summed E-state index contributed by atoms with van der Waals surface area (Å²) in [5, 5.41) is 12.0. The van der Waals surface area contributed by atoms with Gasteiger partial charge in [0.25, 0.3) is 0 Å². The highest BCUT2D eigenvalue weighted by Crippen LogP contribution is 2.34. The average molecular weight is 648 g/mol. The molecule has 4 heterocycles. The second-order valence-electron chi connectivity index (χ2n) is 12.8. The summed E-state index contributed by atoms with van der Waals surface area (Å²) >= 11 is 0. The number of likely N-dealkylation sites (tertiary alicyclic amines) is 1. The van der Waals surface area contributed by atoms with Crippen molar-refractivity contribution in [2.75, 3.05) is 56.7 Å². The van der Waals surface area contributed by atoms with Crippen LogP contribution in [0.4, 0.5) is 16.3 Å². The van der Waals surface area contributed by atoms with Crippen molar-refractivity contribution in [1.29, 1.82) is 5.26 Å². The maximum absolute atomic E-state index is 13.0. The number of ether oxygens (including phenoxy) is 2. The third-order valence-electron chi connectivity index (χ3n) is 9.75. The summed E-state index contributed by atoms with van der Waals surface area (Å²) in [5.41, 5.74) is 4.14. The van der Waals surface area contributed by atoms with E-state index in [4.69, 9.17) is 19.4 Å². The van der Waals surface area contributed by atoms with Crippen molar-refractivity contribution in [3.05, 3.63) is 89.6 Å². The van der Waals surface area contributed by atoms with E-state index in [-0.39, 0.29) is 19.1 Å². The van der Waals surface area contributed by atoms with Gasteiger partial charge >= 0.3 is 12.1 Å². The van der Waals surface area contributed by atoms with Crippen LogP contribution in [-0.2, 0) is 24.3 Å². The second kappa shape index (κ2) is 15.3. The largest absolute Gasteiger partial charge is 0.467 e. The normalized spacial score (nSPS) is 19.2. The van der Waals surface area contributed by atoms with E-state index in [0.717, 1.165) is 41.6 Å². The van der Waals surface area contributed by atoms with Gasteiger partial charge in [-0.2, -0.15) is 15.2 Å². The lowest BCUT2D eigenvalue weighted by molar-refractivity contribution is 0.0767. The van der Waals surface area contributed by atoms with Gasteiger partial charge in [-0.05, 0) is 56.8 Å². The molecule has 3 aliphatic rings. The van der Waals surface area contributed by atoms with E-state index >= 15 is 0 Å². The Morgan fingerprint density at radius 2 is 1.75 bits per heavy atom. The molecule has 2 fully saturated rings. The highest BCUT2D eigenvalue weighted by molar-refractivity contribution is 5.94. The Morgan fingerprint density at radius 3 is 2.48 bits per heavy atom. The third-order valence-corrected chi connectivity index (χ3v) is 9.75. The van der Waals surface area contributed by atoms with Crippen LogP contribution in [0.25, 0.3) is 10.8 Å². The van der Waals surface area contributed by atoms with E-state index in [9.17, 15) is 10.1 Å². The number of fused-ring (bicyclic) bond motifs is 2. The molecule has 1 amide bonds. The monoisotopic (exact) mass is 647 g/mol. The predicted molar refractivity (Wildman–Crippen MR) is 188 cm³/mol. The van der Waals surface area contributed by atoms with Crippen molar-refractivity contribution < 1.29 is 14.3 Å². The molecule has 0 spiro atoms. The molecule has 2 atom stereocenters. The smallest absolute Gasteiger partial charge is 0.410 e. The van der Waals surface area contributed by atoms with Crippen molar-refractivity contribution in [2.24, 2.45) is 0 Å². The summed E-state index contributed by atoms with van der Waals surface area (Å²) in [4.78, 5) is 31.2. The van der Waals surface area contributed by atoms with Gasteiger partial charge in [0.15, 0.2) is 0 Å². The van der Waals surface area contributed by atoms with E-state index in [1.807, 2.05) is 30.3 Å². The summed E-state index contributed by atoms with van der Waals surface area (Å²) < 4.78 is 11.1. The standard InChI is InChI=1S/C32H32N6O3.C6H13N/c1-40-31-34-28-21-36(29-13-7-11-24-10-5-6-12-26(24)29)17-15-27(28)30(35-31)37-18-19-38(25(20-37)14-16-33)32(39)41-22-23-8-3-2-4-9-23;1-6-4-3-5-7(6)2/h2-13,25H,14-15,17-22H2,1H3;6H,3-5H2,1-2H3. The van der Waals surface area contributed by atoms with Crippen LogP contribution in [0.1, 0.15) is 43.0 Å². The minimum atomic E-state index is -0.401. The zero-order valence-electron chi connectivity index (χ0n) is 28.2. The van der Waals surface area contributed by atoms with Crippen LogP contribution in [-0.4, -0.2) is 84.8 Å². The van der Waals surface area contributed by atoms with Gasteiger partial charge in [-0.15, -0.1) is 0 Å². The number of hydrogen-bond acceptors (Lipinski definition) is 9. The Kier molecular flexibility index (Phi) is 10.6. The first-order valence-electron chi connectivity index (χ1n) is 16.9. The molecule has 7 rings (SSSR count). The molecule has 10 nitrogen and oxygen atoms in total. The number of aromatic nitrogens is 2. The van der Waals surface area contributed by atoms with Crippen molar-refractivity contribution in [2.45, 2.75) is 57.8 Å². The molecule has 2 saturated heterocycles. The Labute approximate surface area is 283 Å². The molecule has 1 aromatic heterocycles. The average Bonchev–Trinajstić information content (AvgIpc) is 3.51. The van der Waals surface area contributed by atoms with E-state index in [1.54, 1.807) is 12.0 Å². The molecule has 0 bridgehead atoms. The summed E-state index contributed by atoms with van der Waals surface area (Å²) in [6.45, 7) is 6.75. The Bertz CT molecular complexity index is 1730. The zero-order valence-corrected chi connectivity index (χ0v) is 28.2. The van der Waals surface area contributed by atoms with Gasteiger partial charge in [0.1, 0.15) is 12.4 Å². The lowest BCUT2D eigenvalue weighted by atomic mass is 10.0. The van der Waals surface area contributed by atoms with Crippen LogP contribution in [0.3, 0.4) is 0 Å². The molecule has 0 saturated carbocycles. The fraction of sp³-hybridized carbons (Fsp3) is 0.421. The number of anilines is 2. The number of rotatable bonds is 6. The van der Waals surface area contributed by atoms with Gasteiger partial charge in [0.2, 0.25) is 0 Å².